The van der Waals surface area contributed by atoms with E-state index in [4.69, 9.17) is 4.74 Å². The van der Waals surface area contributed by atoms with Gasteiger partial charge in [-0.1, -0.05) is 38.5 Å². The zero-order chi connectivity index (χ0) is 26.9. The molecule has 1 aliphatic heterocycles. The maximum atomic E-state index is 11.8. The molecule has 12 nitrogen and oxygen atoms in total. The van der Waals surface area contributed by atoms with Gasteiger partial charge in [-0.25, -0.2) is 14.4 Å². The Morgan fingerprint density at radius 1 is 0.750 bits per heavy atom. The number of unbranched alkanes of at least 4 members (excludes halogenated alkanes) is 7. The highest BCUT2D eigenvalue weighted by molar-refractivity contribution is 5.67. The second-order valence-electron chi connectivity index (χ2n) is 9.45. The number of hydrogen-bond donors (Lipinski definition) is 4. The fourth-order valence-electron chi connectivity index (χ4n) is 4.44. The maximum Gasteiger partial charge on any atom is 0.407 e. The van der Waals surface area contributed by atoms with E-state index in [1.807, 2.05) is 0 Å². The van der Waals surface area contributed by atoms with Gasteiger partial charge in [0.1, 0.15) is 6.23 Å². The molecule has 0 spiro atoms. The number of methoxy groups -OCH3 is 1. The number of hydrogen-bond acceptors (Lipinski definition) is 6. The molecule has 1 fully saturated rings. The number of ether oxygens (including phenoxy) is 1. The van der Waals surface area contributed by atoms with Crippen LogP contribution in [0.1, 0.15) is 64.7 Å². The van der Waals surface area contributed by atoms with Crippen LogP contribution in [-0.2, 0) is 4.74 Å². The van der Waals surface area contributed by atoms with Gasteiger partial charge in [0.2, 0.25) is 0 Å². The molecular weight excluding hydrogens is 472 g/mol. The van der Waals surface area contributed by atoms with Gasteiger partial charge in [0, 0.05) is 65.6 Å². The minimum absolute atomic E-state index is 0.0309. The van der Waals surface area contributed by atoms with E-state index in [9.17, 15) is 34.8 Å². The summed E-state index contributed by atoms with van der Waals surface area (Å²) in [5, 5.41) is 39.5. The predicted molar refractivity (Wildman–Crippen MR) is 134 cm³/mol. The molecule has 0 radical (unpaired) electrons. The van der Waals surface area contributed by atoms with Crippen molar-refractivity contribution in [3.8, 4) is 0 Å². The molecule has 1 heterocycles. The second kappa shape index (κ2) is 18.0. The summed E-state index contributed by atoms with van der Waals surface area (Å²) in [5.41, 5.74) is 0. The quantitative estimate of drug-likeness (QED) is 0.285. The zero-order valence-corrected chi connectivity index (χ0v) is 21.9. The SMILES string of the molecule is COCCCCCCCCCCC(O)N1CCN(C(=O)O)CCN(C(=O)O)CC(C)N(C(=O)O)CC1. The maximum absolute atomic E-state index is 11.8. The third-order valence-electron chi connectivity index (χ3n) is 6.71. The Hall–Kier alpha value is -2.31. The zero-order valence-electron chi connectivity index (χ0n) is 21.9. The van der Waals surface area contributed by atoms with Crippen molar-refractivity contribution >= 4 is 18.3 Å². The minimum Gasteiger partial charge on any atom is -0.465 e. The lowest BCUT2D eigenvalue weighted by Gasteiger charge is -2.36. The standard InChI is InChI=1S/C24H46N4O8/c1-20-19-27(23(32)33)15-14-26(22(30)31)13-12-25(16-17-28(20)24(34)35)21(29)11-9-7-5-3-4-6-8-10-18-36-2/h20-21,29H,3-19H2,1-2H3,(H,30,31)(H,32,33)(H,34,35). The van der Waals surface area contributed by atoms with Gasteiger partial charge < -0.3 is 39.9 Å². The number of aliphatic hydroxyl groups excluding tert-OH is 1. The topological polar surface area (TPSA) is 154 Å². The van der Waals surface area contributed by atoms with Gasteiger partial charge in [-0.05, 0) is 26.2 Å². The molecule has 2 unspecified atom stereocenters. The lowest BCUT2D eigenvalue weighted by molar-refractivity contribution is -0.0164. The predicted octanol–water partition coefficient (Wildman–Crippen LogP) is 3.11. The van der Waals surface area contributed by atoms with Crippen molar-refractivity contribution in [1.29, 1.82) is 0 Å². The fraction of sp³-hybridized carbons (Fsp3) is 0.875. The van der Waals surface area contributed by atoms with Crippen molar-refractivity contribution in [3.05, 3.63) is 0 Å². The van der Waals surface area contributed by atoms with Crippen LogP contribution in [0.5, 0.6) is 0 Å². The van der Waals surface area contributed by atoms with E-state index in [1.54, 1.807) is 18.9 Å². The molecule has 0 aromatic heterocycles. The molecule has 0 bridgehead atoms. The van der Waals surface area contributed by atoms with Gasteiger partial charge in [0.15, 0.2) is 0 Å². The molecule has 12 heteroatoms. The minimum atomic E-state index is -1.22. The van der Waals surface area contributed by atoms with E-state index >= 15 is 0 Å². The molecule has 3 amide bonds. The van der Waals surface area contributed by atoms with E-state index in [-0.39, 0.29) is 45.8 Å². The summed E-state index contributed by atoms with van der Waals surface area (Å²) in [5.74, 6) is 0. The number of nitrogens with zero attached hydrogens (tertiary/aromatic N) is 4. The molecule has 36 heavy (non-hydrogen) atoms. The van der Waals surface area contributed by atoms with Gasteiger partial charge in [-0.2, -0.15) is 0 Å². The molecule has 1 rings (SSSR count). The molecule has 210 valence electrons. The molecule has 0 aromatic rings. The number of aliphatic hydroxyl groups is 1. The summed E-state index contributed by atoms with van der Waals surface area (Å²) in [6.07, 6.45) is 4.89. The molecule has 1 aliphatic rings. The fourth-order valence-corrected chi connectivity index (χ4v) is 4.44. The highest BCUT2D eigenvalue weighted by atomic mass is 16.5. The Bertz CT molecular complexity index is 654. The second-order valence-corrected chi connectivity index (χ2v) is 9.45. The number of amides is 3. The van der Waals surface area contributed by atoms with E-state index in [1.165, 1.54) is 24.2 Å². The number of carboxylic acid groups (broad SMARTS) is 3. The highest BCUT2D eigenvalue weighted by Crippen LogP contribution is 2.14. The summed E-state index contributed by atoms with van der Waals surface area (Å²) in [7, 11) is 1.72. The van der Waals surface area contributed by atoms with Gasteiger partial charge in [-0.3, -0.25) is 4.90 Å². The lowest BCUT2D eigenvalue weighted by Crippen LogP contribution is -2.53. The van der Waals surface area contributed by atoms with Crippen LogP contribution in [-0.4, -0.2) is 130 Å². The van der Waals surface area contributed by atoms with Crippen LogP contribution in [0.25, 0.3) is 0 Å². The van der Waals surface area contributed by atoms with Crippen LogP contribution >= 0.6 is 0 Å². The van der Waals surface area contributed by atoms with Crippen molar-refractivity contribution < 1.29 is 39.5 Å². The smallest absolute Gasteiger partial charge is 0.407 e. The lowest BCUT2D eigenvalue weighted by atomic mass is 10.1. The van der Waals surface area contributed by atoms with Crippen LogP contribution < -0.4 is 0 Å². The third kappa shape index (κ3) is 12.6. The van der Waals surface area contributed by atoms with E-state index in [0.717, 1.165) is 48.5 Å². The molecule has 0 saturated carbocycles. The molecule has 0 aromatic carbocycles. The molecule has 1 saturated heterocycles. The Morgan fingerprint density at radius 2 is 1.25 bits per heavy atom. The van der Waals surface area contributed by atoms with Crippen molar-refractivity contribution in [2.24, 2.45) is 0 Å². The van der Waals surface area contributed by atoms with E-state index < -0.39 is 30.5 Å². The van der Waals surface area contributed by atoms with Crippen molar-refractivity contribution in [3.63, 3.8) is 0 Å². The van der Waals surface area contributed by atoms with Gasteiger partial charge in [-0.15, -0.1) is 0 Å². The molecule has 2 atom stereocenters. The first-order valence-electron chi connectivity index (χ1n) is 13.0. The third-order valence-corrected chi connectivity index (χ3v) is 6.71. The van der Waals surface area contributed by atoms with Crippen LogP contribution in [0, 0.1) is 0 Å². The van der Waals surface area contributed by atoms with Gasteiger partial charge in [0.25, 0.3) is 0 Å². The molecule has 0 aliphatic carbocycles. The largest absolute Gasteiger partial charge is 0.465 e. The normalized spacial score (nSPS) is 19.4. The average Bonchev–Trinajstić information content (AvgIpc) is 2.81. The summed E-state index contributed by atoms with van der Waals surface area (Å²) in [6, 6.07) is -0.621. The van der Waals surface area contributed by atoms with E-state index in [2.05, 4.69) is 0 Å². The van der Waals surface area contributed by atoms with Crippen LogP contribution in [0.15, 0.2) is 0 Å². The van der Waals surface area contributed by atoms with E-state index in [0.29, 0.717) is 6.42 Å². The van der Waals surface area contributed by atoms with Crippen molar-refractivity contribution in [1.82, 2.24) is 19.6 Å². The van der Waals surface area contributed by atoms with Crippen molar-refractivity contribution in [2.75, 3.05) is 59.5 Å². The Balaban J connectivity index is 2.65. The van der Waals surface area contributed by atoms with Crippen molar-refractivity contribution in [2.45, 2.75) is 77.0 Å². The summed E-state index contributed by atoms with van der Waals surface area (Å²) >= 11 is 0. The Morgan fingerprint density at radius 3 is 1.81 bits per heavy atom. The first-order valence-corrected chi connectivity index (χ1v) is 13.0. The van der Waals surface area contributed by atoms with Crippen LogP contribution in [0.2, 0.25) is 0 Å². The summed E-state index contributed by atoms with van der Waals surface area (Å²) in [6.45, 7) is 2.90. The van der Waals surface area contributed by atoms with Gasteiger partial charge in [0.05, 0.1) is 0 Å². The molecular formula is C24H46N4O8. The summed E-state index contributed by atoms with van der Waals surface area (Å²) < 4.78 is 5.05. The Labute approximate surface area is 214 Å². The monoisotopic (exact) mass is 518 g/mol. The summed E-state index contributed by atoms with van der Waals surface area (Å²) in [4.78, 5) is 40.2. The molecule has 4 N–H and O–H groups in total. The van der Waals surface area contributed by atoms with Gasteiger partial charge >= 0.3 is 18.3 Å². The number of rotatable bonds is 12. The first-order chi connectivity index (χ1) is 17.2. The number of carbonyl (C=O) groups is 3. The highest BCUT2D eigenvalue weighted by Gasteiger charge is 2.28. The van der Waals surface area contributed by atoms with Crippen LogP contribution in [0.4, 0.5) is 14.4 Å². The average molecular weight is 519 g/mol. The first kappa shape index (κ1) is 31.7. The van der Waals surface area contributed by atoms with Crippen LogP contribution in [0.3, 0.4) is 0 Å². The Kier molecular flexibility index (Phi) is 15.9.